The van der Waals surface area contributed by atoms with Gasteiger partial charge in [-0.25, -0.2) is 4.79 Å². The molecule has 2 nitrogen and oxygen atoms in total. The summed E-state index contributed by atoms with van der Waals surface area (Å²) in [5.41, 5.74) is 6.77. The van der Waals surface area contributed by atoms with Crippen LogP contribution in [-0.2, 0) is 10.2 Å². The molecule has 1 aliphatic rings. The standard InChI is InChI=1S/C25H26O2/c1-5-20-15-16-25(3,4)23-14-11-19(17-22(20)23)8-7-18-9-12-21(13-10-18)24(26)27-6-2/h9-15,17H,5-6,16H2,1-4H3. The lowest BCUT2D eigenvalue weighted by atomic mass is 9.72. The summed E-state index contributed by atoms with van der Waals surface area (Å²) in [5.74, 6) is 6.16. The average Bonchev–Trinajstić information content (AvgIpc) is 2.67. The van der Waals surface area contributed by atoms with Crippen molar-refractivity contribution in [1.29, 1.82) is 0 Å². The molecular formula is C25H26O2. The first-order valence-electron chi connectivity index (χ1n) is 9.57. The predicted octanol–water partition coefficient (Wildman–Crippen LogP) is 5.74. The lowest BCUT2D eigenvalue weighted by Gasteiger charge is -2.32. The van der Waals surface area contributed by atoms with Gasteiger partial charge in [-0.15, -0.1) is 0 Å². The van der Waals surface area contributed by atoms with Crippen LogP contribution < -0.4 is 0 Å². The van der Waals surface area contributed by atoms with Crippen LogP contribution in [0.5, 0.6) is 0 Å². The van der Waals surface area contributed by atoms with Crippen LogP contribution in [0.2, 0.25) is 0 Å². The fraction of sp³-hybridized carbons (Fsp3) is 0.320. The average molecular weight is 358 g/mol. The molecule has 0 heterocycles. The highest BCUT2D eigenvalue weighted by Crippen LogP contribution is 2.40. The van der Waals surface area contributed by atoms with Crippen molar-refractivity contribution in [3.8, 4) is 11.8 Å². The summed E-state index contributed by atoms with van der Waals surface area (Å²) in [6.45, 7) is 8.98. The lowest BCUT2D eigenvalue weighted by Crippen LogP contribution is -2.21. The Balaban J connectivity index is 1.86. The Bertz CT molecular complexity index is 935. The molecule has 0 N–H and O–H groups in total. The zero-order valence-corrected chi connectivity index (χ0v) is 16.6. The van der Waals surface area contributed by atoms with E-state index in [9.17, 15) is 4.79 Å². The Hall–Kier alpha value is -2.79. The maximum atomic E-state index is 11.7. The van der Waals surface area contributed by atoms with Gasteiger partial charge in [-0.2, -0.15) is 0 Å². The van der Waals surface area contributed by atoms with Crippen molar-refractivity contribution >= 4 is 11.5 Å². The van der Waals surface area contributed by atoms with E-state index in [-0.39, 0.29) is 11.4 Å². The summed E-state index contributed by atoms with van der Waals surface area (Å²) in [6.07, 6.45) is 4.49. The smallest absolute Gasteiger partial charge is 0.338 e. The molecule has 0 saturated heterocycles. The van der Waals surface area contributed by atoms with E-state index in [1.807, 2.05) is 12.1 Å². The second kappa shape index (κ2) is 7.84. The van der Waals surface area contributed by atoms with Gasteiger partial charge in [-0.05, 0) is 78.3 Å². The summed E-state index contributed by atoms with van der Waals surface area (Å²) >= 11 is 0. The molecule has 0 spiro atoms. The number of hydrogen-bond donors (Lipinski definition) is 0. The van der Waals surface area contributed by atoms with Crippen molar-refractivity contribution in [1.82, 2.24) is 0 Å². The van der Waals surface area contributed by atoms with Gasteiger partial charge in [0, 0.05) is 11.1 Å². The molecule has 3 rings (SSSR count). The van der Waals surface area contributed by atoms with Gasteiger partial charge in [0.1, 0.15) is 0 Å². The largest absolute Gasteiger partial charge is 0.462 e. The van der Waals surface area contributed by atoms with Crippen LogP contribution in [0.3, 0.4) is 0 Å². The van der Waals surface area contributed by atoms with Crippen molar-refractivity contribution < 1.29 is 9.53 Å². The Labute approximate surface area is 162 Å². The number of carbonyl (C=O) groups is 1. The molecule has 2 heteroatoms. The van der Waals surface area contributed by atoms with Gasteiger partial charge in [0.25, 0.3) is 0 Å². The van der Waals surface area contributed by atoms with Gasteiger partial charge in [0.2, 0.25) is 0 Å². The van der Waals surface area contributed by atoms with Crippen molar-refractivity contribution in [2.75, 3.05) is 6.61 Å². The van der Waals surface area contributed by atoms with Crippen molar-refractivity contribution in [3.63, 3.8) is 0 Å². The molecule has 0 aliphatic heterocycles. The predicted molar refractivity (Wildman–Crippen MR) is 111 cm³/mol. The van der Waals surface area contributed by atoms with Gasteiger partial charge in [0.05, 0.1) is 12.2 Å². The second-order valence-electron chi connectivity index (χ2n) is 7.48. The number of allylic oxidation sites excluding steroid dienone is 2. The summed E-state index contributed by atoms with van der Waals surface area (Å²) < 4.78 is 5.01. The van der Waals surface area contributed by atoms with E-state index in [1.54, 1.807) is 19.1 Å². The first-order chi connectivity index (χ1) is 12.9. The van der Waals surface area contributed by atoms with Crippen molar-refractivity contribution in [2.45, 2.75) is 46.0 Å². The van der Waals surface area contributed by atoms with Crippen molar-refractivity contribution in [2.24, 2.45) is 0 Å². The number of rotatable bonds is 3. The van der Waals surface area contributed by atoms with Crippen LogP contribution in [0.1, 0.15) is 73.1 Å². The lowest BCUT2D eigenvalue weighted by molar-refractivity contribution is 0.0526. The fourth-order valence-corrected chi connectivity index (χ4v) is 3.46. The van der Waals surface area contributed by atoms with E-state index in [0.717, 1.165) is 24.0 Å². The SMILES string of the molecule is CCOC(=O)c1ccc(C#Cc2ccc3c(c2)C(CC)=CCC3(C)C)cc1. The monoisotopic (exact) mass is 358 g/mol. The highest BCUT2D eigenvalue weighted by atomic mass is 16.5. The summed E-state index contributed by atoms with van der Waals surface area (Å²) in [5, 5.41) is 0. The van der Waals surface area contributed by atoms with E-state index in [2.05, 4.69) is 56.9 Å². The van der Waals surface area contributed by atoms with Gasteiger partial charge >= 0.3 is 5.97 Å². The highest BCUT2D eigenvalue weighted by Gasteiger charge is 2.27. The molecule has 0 atom stereocenters. The molecule has 0 fully saturated rings. The van der Waals surface area contributed by atoms with Crippen LogP contribution in [0.25, 0.3) is 5.57 Å². The van der Waals surface area contributed by atoms with Gasteiger partial charge in [0.15, 0.2) is 0 Å². The van der Waals surface area contributed by atoms with Crippen LogP contribution in [-0.4, -0.2) is 12.6 Å². The summed E-state index contributed by atoms with van der Waals surface area (Å²) in [7, 11) is 0. The molecule has 1 aliphatic carbocycles. The van der Waals surface area contributed by atoms with Gasteiger partial charge in [-0.3, -0.25) is 0 Å². The van der Waals surface area contributed by atoms with E-state index in [0.29, 0.717) is 12.2 Å². The molecule has 0 saturated carbocycles. The zero-order chi connectivity index (χ0) is 19.4. The first-order valence-corrected chi connectivity index (χ1v) is 9.57. The second-order valence-corrected chi connectivity index (χ2v) is 7.48. The van der Waals surface area contributed by atoms with Crippen LogP contribution in [0.4, 0.5) is 0 Å². The number of carbonyl (C=O) groups excluding carboxylic acids is 1. The Morgan fingerprint density at radius 3 is 2.37 bits per heavy atom. The molecule has 138 valence electrons. The Morgan fingerprint density at radius 2 is 1.70 bits per heavy atom. The molecule has 0 aromatic heterocycles. The molecule has 0 radical (unpaired) electrons. The summed E-state index contributed by atoms with van der Waals surface area (Å²) in [6, 6.07) is 13.8. The number of benzene rings is 2. The molecule has 0 amide bonds. The highest BCUT2D eigenvalue weighted by molar-refractivity contribution is 5.89. The molecular weight excluding hydrogens is 332 g/mol. The maximum Gasteiger partial charge on any atom is 0.338 e. The van der Waals surface area contributed by atoms with Crippen LogP contribution in [0.15, 0.2) is 48.5 Å². The van der Waals surface area contributed by atoms with Gasteiger partial charge < -0.3 is 4.74 Å². The number of fused-ring (bicyclic) bond motifs is 1. The minimum Gasteiger partial charge on any atom is -0.462 e. The zero-order valence-electron chi connectivity index (χ0n) is 16.6. The molecule has 2 aromatic carbocycles. The minimum absolute atomic E-state index is 0.170. The topological polar surface area (TPSA) is 26.3 Å². The molecule has 0 bridgehead atoms. The van der Waals surface area contributed by atoms with E-state index < -0.39 is 0 Å². The van der Waals surface area contributed by atoms with E-state index in [1.165, 1.54) is 16.7 Å². The van der Waals surface area contributed by atoms with Gasteiger partial charge in [-0.1, -0.05) is 44.8 Å². The third kappa shape index (κ3) is 4.14. The molecule has 2 aromatic rings. The summed E-state index contributed by atoms with van der Waals surface area (Å²) in [4.78, 5) is 11.7. The number of esters is 1. The van der Waals surface area contributed by atoms with Crippen LogP contribution >= 0.6 is 0 Å². The Kier molecular flexibility index (Phi) is 5.51. The molecule has 27 heavy (non-hydrogen) atoms. The minimum atomic E-state index is -0.298. The van der Waals surface area contributed by atoms with Crippen LogP contribution in [0, 0.1) is 11.8 Å². The van der Waals surface area contributed by atoms with E-state index in [4.69, 9.17) is 4.74 Å². The maximum absolute atomic E-state index is 11.7. The third-order valence-corrected chi connectivity index (χ3v) is 5.08. The van der Waals surface area contributed by atoms with E-state index >= 15 is 0 Å². The number of hydrogen-bond acceptors (Lipinski definition) is 2. The third-order valence-electron chi connectivity index (χ3n) is 5.08. The first kappa shape index (κ1) is 19.0. The molecule has 0 unspecified atom stereocenters. The normalized spacial score (nSPS) is 14.4. The Morgan fingerprint density at radius 1 is 1.04 bits per heavy atom. The fourth-order valence-electron chi connectivity index (χ4n) is 3.46. The number of ether oxygens (including phenoxy) is 1. The quantitative estimate of drug-likeness (QED) is 0.517. The van der Waals surface area contributed by atoms with Crippen molar-refractivity contribution in [3.05, 3.63) is 76.4 Å².